The van der Waals surface area contributed by atoms with Crippen LogP contribution in [0.15, 0.2) is 35.5 Å². The highest BCUT2D eigenvalue weighted by Crippen LogP contribution is 2.22. The van der Waals surface area contributed by atoms with Gasteiger partial charge in [-0.2, -0.15) is 0 Å². The van der Waals surface area contributed by atoms with Crippen LogP contribution in [0.4, 0.5) is 16.0 Å². The molecule has 4 N–H and O–H groups in total. The molecule has 0 aliphatic heterocycles. The monoisotopic (exact) mass is 335 g/mol. The summed E-state index contributed by atoms with van der Waals surface area (Å²) in [5.74, 6) is 0.282. The zero-order valence-corrected chi connectivity index (χ0v) is 13.7. The normalized spacial score (nSPS) is 12.0. The molecule has 0 aliphatic carbocycles. The predicted molar refractivity (Wildman–Crippen MR) is 89.2 cm³/mol. The van der Waals surface area contributed by atoms with E-state index in [1.807, 2.05) is 6.92 Å². The minimum atomic E-state index is -0.304. The van der Waals surface area contributed by atoms with E-state index >= 15 is 0 Å². The lowest BCUT2D eigenvalue weighted by molar-refractivity contribution is -0.128. The van der Waals surface area contributed by atoms with Crippen molar-refractivity contribution in [3.63, 3.8) is 0 Å². The molecule has 1 aromatic carbocycles. The van der Waals surface area contributed by atoms with E-state index in [4.69, 9.17) is 11.5 Å². The standard InChI is InChI=1S/C15H18FN5OS/c1-9(10-3-5-11(16)6-4-10)21(2)14(22)8-23-15-19-12(17)7-13(18)20-15/h3-7,9H,8H2,1-2H3,(H4,17,18,19,20). The molecule has 0 radical (unpaired) electrons. The Kier molecular flexibility index (Phi) is 5.38. The van der Waals surface area contributed by atoms with E-state index < -0.39 is 0 Å². The minimum Gasteiger partial charge on any atom is -0.383 e. The number of hydrogen-bond donors (Lipinski definition) is 2. The minimum absolute atomic E-state index is 0.101. The molecule has 0 saturated carbocycles. The largest absolute Gasteiger partial charge is 0.383 e. The van der Waals surface area contributed by atoms with E-state index in [1.165, 1.54) is 30.0 Å². The number of anilines is 2. The lowest BCUT2D eigenvalue weighted by Crippen LogP contribution is -2.31. The number of hydrogen-bond acceptors (Lipinski definition) is 6. The summed E-state index contributed by atoms with van der Waals surface area (Å²) in [6, 6.07) is 7.37. The number of carbonyl (C=O) groups is 1. The topological polar surface area (TPSA) is 98.1 Å². The molecule has 0 spiro atoms. The number of aromatic nitrogens is 2. The first-order valence-electron chi connectivity index (χ1n) is 6.90. The maximum absolute atomic E-state index is 13.0. The molecule has 0 fully saturated rings. The lowest BCUT2D eigenvalue weighted by Gasteiger charge is -2.25. The SMILES string of the molecule is CC(c1ccc(F)cc1)N(C)C(=O)CSc1nc(N)cc(N)n1. The average Bonchev–Trinajstić information content (AvgIpc) is 2.51. The van der Waals surface area contributed by atoms with Gasteiger partial charge in [0.15, 0.2) is 5.16 Å². The van der Waals surface area contributed by atoms with E-state index in [0.717, 1.165) is 5.56 Å². The molecule has 0 bridgehead atoms. The molecule has 1 unspecified atom stereocenters. The molecular weight excluding hydrogens is 317 g/mol. The summed E-state index contributed by atoms with van der Waals surface area (Å²) in [6.07, 6.45) is 0. The van der Waals surface area contributed by atoms with Crippen molar-refractivity contribution in [3.8, 4) is 0 Å². The summed E-state index contributed by atoms with van der Waals surface area (Å²) in [6.45, 7) is 1.88. The van der Waals surface area contributed by atoms with Crippen molar-refractivity contribution >= 4 is 29.3 Å². The van der Waals surface area contributed by atoms with Crippen LogP contribution in [0, 0.1) is 5.82 Å². The van der Waals surface area contributed by atoms with Gasteiger partial charge in [-0.15, -0.1) is 0 Å². The molecule has 2 rings (SSSR count). The van der Waals surface area contributed by atoms with Crippen molar-refractivity contribution in [1.29, 1.82) is 0 Å². The van der Waals surface area contributed by atoms with Gasteiger partial charge in [0, 0.05) is 13.1 Å². The van der Waals surface area contributed by atoms with Gasteiger partial charge in [-0.1, -0.05) is 23.9 Å². The Morgan fingerprint density at radius 3 is 2.39 bits per heavy atom. The van der Waals surface area contributed by atoms with Crippen molar-refractivity contribution < 1.29 is 9.18 Å². The summed E-state index contributed by atoms with van der Waals surface area (Å²) in [5.41, 5.74) is 12.0. The second kappa shape index (κ2) is 7.28. The van der Waals surface area contributed by atoms with Crippen LogP contribution in [0.1, 0.15) is 18.5 Å². The second-order valence-corrected chi connectivity index (χ2v) is 5.96. The smallest absolute Gasteiger partial charge is 0.233 e. The van der Waals surface area contributed by atoms with Crippen LogP contribution in [0.5, 0.6) is 0 Å². The third-order valence-corrected chi connectivity index (χ3v) is 4.23. The molecule has 6 nitrogen and oxygen atoms in total. The van der Waals surface area contributed by atoms with Crippen molar-refractivity contribution in [1.82, 2.24) is 14.9 Å². The first-order valence-corrected chi connectivity index (χ1v) is 7.89. The Labute approximate surface area is 138 Å². The summed E-state index contributed by atoms with van der Waals surface area (Å²) in [5, 5.41) is 0.360. The Bertz CT molecular complexity index is 675. The number of nitrogens with zero attached hydrogens (tertiary/aromatic N) is 3. The van der Waals surface area contributed by atoms with Crippen LogP contribution in [-0.2, 0) is 4.79 Å². The van der Waals surface area contributed by atoms with Gasteiger partial charge in [-0.3, -0.25) is 4.79 Å². The highest BCUT2D eigenvalue weighted by Gasteiger charge is 2.18. The molecule has 1 aromatic heterocycles. The maximum atomic E-state index is 13.0. The van der Waals surface area contributed by atoms with Gasteiger partial charge >= 0.3 is 0 Å². The van der Waals surface area contributed by atoms with Crippen LogP contribution in [-0.4, -0.2) is 33.6 Å². The molecule has 8 heteroatoms. The first-order chi connectivity index (χ1) is 10.9. The van der Waals surface area contributed by atoms with Gasteiger partial charge in [-0.05, 0) is 24.6 Å². The van der Waals surface area contributed by atoms with Gasteiger partial charge in [0.1, 0.15) is 17.5 Å². The van der Waals surface area contributed by atoms with Gasteiger partial charge in [-0.25, -0.2) is 14.4 Å². The molecule has 1 amide bonds. The van der Waals surface area contributed by atoms with Crippen molar-refractivity contribution in [2.75, 3.05) is 24.3 Å². The third kappa shape index (κ3) is 4.56. The second-order valence-electron chi connectivity index (χ2n) is 5.02. The van der Waals surface area contributed by atoms with Gasteiger partial charge in [0.2, 0.25) is 5.91 Å². The molecule has 23 heavy (non-hydrogen) atoms. The molecule has 1 atom stereocenters. The van der Waals surface area contributed by atoms with Crippen LogP contribution >= 0.6 is 11.8 Å². The van der Waals surface area contributed by atoms with Crippen molar-refractivity contribution in [2.45, 2.75) is 18.1 Å². The van der Waals surface area contributed by atoms with Crippen LogP contribution in [0.3, 0.4) is 0 Å². The van der Waals surface area contributed by atoms with E-state index in [2.05, 4.69) is 9.97 Å². The Hall–Kier alpha value is -2.35. The number of rotatable bonds is 5. The highest BCUT2D eigenvalue weighted by molar-refractivity contribution is 7.99. The molecule has 122 valence electrons. The zero-order valence-electron chi connectivity index (χ0n) is 12.9. The third-order valence-electron chi connectivity index (χ3n) is 3.40. The Morgan fingerprint density at radius 1 is 1.26 bits per heavy atom. The van der Waals surface area contributed by atoms with Crippen LogP contribution < -0.4 is 11.5 Å². The predicted octanol–water partition coefficient (Wildman–Crippen LogP) is 2.09. The number of amides is 1. The molecule has 0 saturated heterocycles. The first kappa shape index (κ1) is 17.0. The van der Waals surface area contributed by atoms with Crippen molar-refractivity contribution in [2.24, 2.45) is 0 Å². The maximum Gasteiger partial charge on any atom is 0.233 e. The Balaban J connectivity index is 1.97. The number of thioether (sulfide) groups is 1. The Morgan fingerprint density at radius 2 is 1.83 bits per heavy atom. The molecule has 0 aliphatic rings. The number of nitrogen functional groups attached to an aromatic ring is 2. The molecule has 1 heterocycles. The average molecular weight is 335 g/mol. The highest BCUT2D eigenvalue weighted by atomic mass is 32.2. The van der Waals surface area contributed by atoms with E-state index in [0.29, 0.717) is 5.16 Å². The summed E-state index contributed by atoms with van der Waals surface area (Å²) >= 11 is 1.17. The summed E-state index contributed by atoms with van der Waals surface area (Å²) in [7, 11) is 1.70. The fourth-order valence-corrected chi connectivity index (χ4v) is 2.73. The fraction of sp³-hybridized carbons (Fsp3) is 0.267. The van der Waals surface area contributed by atoms with Gasteiger partial charge in [0.05, 0.1) is 11.8 Å². The van der Waals surface area contributed by atoms with Crippen molar-refractivity contribution in [3.05, 3.63) is 41.7 Å². The number of carbonyl (C=O) groups excluding carboxylic acids is 1. The quantitative estimate of drug-likeness (QED) is 0.641. The van der Waals surface area contributed by atoms with Crippen LogP contribution in [0.25, 0.3) is 0 Å². The number of benzene rings is 1. The number of halogens is 1. The van der Waals surface area contributed by atoms with E-state index in [9.17, 15) is 9.18 Å². The summed E-state index contributed by atoms with van der Waals surface area (Å²) < 4.78 is 13.0. The molecular formula is C15H18FN5OS. The van der Waals surface area contributed by atoms with Crippen LogP contribution in [0.2, 0.25) is 0 Å². The molecule has 2 aromatic rings. The number of nitrogens with two attached hydrogens (primary N) is 2. The fourth-order valence-electron chi connectivity index (χ4n) is 1.94. The van der Waals surface area contributed by atoms with E-state index in [-0.39, 0.29) is 35.2 Å². The van der Waals surface area contributed by atoms with Gasteiger partial charge < -0.3 is 16.4 Å². The zero-order chi connectivity index (χ0) is 17.0. The van der Waals surface area contributed by atoms with Gasteiger partial charge in [0.25, 0.3) is 0 Å². The summed E-state index contributed by atoms with van der Waals surface area (Å²) in [4.78, 5) is 21.9. The lowest BCUT2D eigenvalue weighted by atomic mass is 10.1. The van der Waals surface area contributed by atoms with E-state index in [1.54, 1.807) is 24.1 Å².